The Balaban J connectivity index is 1.86. The van der Waals surface area contributed by atoms with E-state index in [2.05, 4.69) is 59.4 Å². The van der Waals surface area contributed by atoms with Crippen LogP contribution in [0.5, 0.6) is 0 Å². The lowest BCUT2D eigenvalue weighted by molar-refractivity contribution is 0.0361. The summed E-state index contributed by atoms with van der Waals surface area (Å²) in [6.45, 7) is 6.11. The van der Waals surface area contributed by atoms with Crippen LogP contribution in [-0.2, 0) is 4.74 Å². The normalized spacial score (nSPS) is 17.2. The molecule has 1 saturated carbocycles. The topological polar surface area (TPSA) is 21.3 Å². The summed E-state index contributed by atoms with van der Waals surface area (Å²) < 4.78 is 7.26. The van der Waals surface area contributed by atoms with Crippen LogP contribution >= 0.6 is 15.9 Å². The third-order valence-corrected chi connectivity index (χ3v) is 4.55. The highest BCUT2D eigenvalue weighted by Crippen LogP contribution is 2.30. The molecule has 1 aromatic carbocycles. The highest BCUT2D eigenvalue weighted by atomic mass is 79.9. The SMILES string of the molecule is CC(C)NCC(OCCC1CCC1)c1ccc(Br)cc1. The zero-order valence-corrected chi connectivity index (χ0v) is 14.2. The summed E-state index contributed by atoms with van der Waals surface area (Å²) in [6, 6.07) is 8.98. The van der Waals surface area contributed by atoms with Gasteiger partial charge in [-0.15, -0.1) is 0 Å². The van der Waals surface area contributed by atoms with Crippen LogP contribution in [0.2, 0.25) is 0 Å². The van der Waals surface area contributed by atoms with Gasteiger partial charge in [0.05, 0.1) is 6.10 Å². The average Bonchev–Trinajstić information content (AvgIpc) is 2.37. The van der Waals surface area contributed by atoms with E-state index >= 15 is 0 Å². The first-order valence-corrected chi connectivity index (χ1v) is 8.55. The number of benzene rings is 1. The van der Waals surface area contributed by atoms with Gasteiger partial charge in [-0.05, 0) is 30.0 Å². The van der Waals surface area contributed by atoms with Gasteiger partial charge in [-0.1, -0.05) is 61.2 Å². The Morgan fingerprint density at radius 3 is 2.50 bits per heavy atom. The van der Waals surface area contributed by atoms with Crippen molar-refractivity contribution in [2.45, 2.75) is 51.7 Å². The second-order valence-corrected chi connectivity index (χ2v) is 6.98. The summed E-state index contributed by atoms with van der Waals surface area (Å²) in [5, 5.41) is 3.49. The fourth-order valence-corrected chi connectivity index (χ4v) is 2.72. The Bertz CT molecular complexity index is 386. The van der Waals surface area contributed by atoms with E-state index in [-0.39, 0.29) is 6.10 Å². The van der Waals surface area contributed by atoms with Crippen molar-refractivity contribution in [1.29, 1.82) is 0 Å². The Hall–Kier alpha value is -0.380. The summed E-state index contributed by atoms with van der Waals surface area (Å²) in [6.07, 6.45) is 5.59. The molecular formula is C17H26BrNO. The molecular weight excluding hydrogens is 314 g/mol. The molecule has 1 unspecified atom stereocenters. The molecule has 2 nitrogen and oxygen atoms in total. The van der Waals surface area contributed by atoms with Crippen molar-refractivity contribution in [2.75, 3.05) is 13.2 Å². The minimum absolute atomic E-state index is 0.158. The summed E-state index contributed by atoms with van der Waals surface area (Å²) in [5.74, 6) is 0.915. The quantitative estimate of drug-likeness (QED) is 0.741. The van der Waals surface area contributed by atoms with Gasteiger partial charge >= 0.3 is 0 Å². The van der Waals surface area contributed by atoms with E-state index in [1.165, 1.54) is 31.2 Å². The average molecular weight is 340 g/mol. The fourth-order valence-electron chi connectivity index (χ4n) is 2.45. The molecule has 1 aliphatic rings. The van der Waals surface area contributed by atoms with E-state index in [0.717, 1.165) is 23.5 Å². The van der Waals surface area contributed by atoms with Crippen molar-refractivity contribution in [1.82, 2.24) is 5.32 Å². The first kappa shape index (κ1) is 16.0. The van der Waals surface area contributed by atoms with Gasteiger partial charge in [-0.2, -0.15) is 0 Å². The molecule has 1 N–H and O–H groups in total. The first-order chi connectivity index (χ1) is 9.65. The van der Waals surface area contributed by atoms with Gasteiger partial charge in [0.2, 0.25) is 0 Å². The standard InChI is InChI=1S/C17H26BrNO/c1-13(2)19-12-17(15-6-8-16(18)9-7-15)20-11-10-14-4-3-5-14/h6-9,13-14,17,19H,3-5,10-12H2,1-2H3. The zero-order chi connectivity index (χ0) is 14.4. The van der Waals surface area contributed by atoms with Gasteiger partial charge in [0, 0.05) is 23.7 Å². The predicted molar refractivity (Wildman–Crippen MR) is 87.9 cm³/mol. The van der Waals surface area contributed by atoms with E-state index in [0.29, 0.717) is 6.04 Å². The molecule has 2 rings (SSSR count). The third-order valence-electron chi connectivity index (χ3n) is 4.02. The van der Waals surface area contributed by atoms with Crippen molar-refractivity contribution < 1.29 is 4.74 Å². The molecule has 0 amide bonds. The van der Waals surface area contributed by atoms with Gasteiger partial charge in [0.1, 0.15) is 0 Å². The minimum Gasteiger partial charge on any atom is -0.372 e. The van der Waals surface area contributed by atoms with Crippen molar-refractivity contribution in [3.05, 3.63) is 34.3 Å². The van der Waals surface area contributed by atoms with Crippen LogP contribution in [0.4, 0.5) is 0 Å². The van der Waals surface area contributed by atoms with E-state index < -0.39 is 0 Å². The fraction of sp³-hybridized carbons (Fsp3) is 0.647. The number of hydrogen-bond donors (Lipinski definition) is 1. The molecule has 0 saturated heterocycles. The molecule has 3 heteroatoms. The minimum atomic E-state index is 0.158. The third kappa shape index (κ3) is 5.19. The van der Waals surface area contributed by atoms with Gasteiger partial charge < -0.3 is 10.1 Å². The van der Waals surface area contributed by atoms with Crippen molar-refractivity contribution in [3.63, 3.8) is 0 Å². The van der Waals surface area contributed by atoms with Gasteiger partial charge in [0.25, 0.3) is 0 Å². The van der Waals surface area contributed by atoms with E-state index in [9.17, 15) is 0 Å². The Labute approximate surface area is 131 Å². The maximum atomic E-state index is 6.15. The lowest BCUT2D eigenvalue weighted by Gasteiger charge is -2.27. The Kier molecular flexibility index (Phi) is 6.53. The molecule has 1 fully saturated rings. The highest BCUT2D eigenvalue weighted by Gasteiger charge is 2.18. The van der Waals surface area contributed by atoms with Crippen LogP contribution in [0.25, 0.3) is 0 Å². The molecule has 0 spiro atoms. The molecule has 1 atom stereocenters. The van der Waals surface area contributed by atoms with Gasteiger partial charge in [-0.25, -0.2) is 0 Å². The molecule has 112 valence electrons. The summed E-state index contributed by atoms with van der Waals surface area (Å²) in [7, 11) is 0. The number of nitrogens with one attached hydrogen (secondary N) is 1. The first-order valence-electron chi connectivity index (χ1n) is 7.75. The number of hydrogen-bond acceptors (Lipinski definition) is 2. The molecule has 0 heterocycles. The maximum Gasteiger partial charge on any atom is 0.0949 e. The van der Waals surface area contributed by atoms with Crippen molar-refractivity contribution >= 4 is 15.9 Å². The number of ether oxygens (including phenoxy) is 1. The molecule has 0 radical (unpaired) electrons. The number of halogens is 1. The van der Waals surface area contributed by atoms with Crippen LogP contribution in [0, 0.1) is 5.92 Å². The van der Waals surface area contributed by atoms with Crippen LogP contribution < -0.4 is 5.32 Å². The summed E-state index contributed by atoms with van der Waals surface area (Å²) in [5.41, 5.74) is 1.26. The second-order valence-electron chi connectivity index (χ2n) is 6.06. The molecule has 20 heavy (non-hydrogen) atoms. The molecule has 1 aromatic rings. The molecule has 0 aliphatic heterocycles. The Morgan fingerprint density at radius 2 is 1.95 bits per heavy atom. The highest BCUT2D eigenvalue weighted by molar-refractivity contribution is 9.10. The van der Waals surface area contributed by atoms with Crippen molar-refractivity contribution in [3.8, 4) is 0 Å². The summed E-state index contributed by atoms with van der Waals surface area (Å²) in [4.78, 5) is 0. The lowest BCUT2D eigenvalue weighted by atomic mass is 9.83. The van der Waals surface area contributed by atoms with Crippen LogP contribution in [0.1, 0.15) is 51.2 Å². The lowest BCUT2D eigenvalue weighted by Crippen LogP contribution is -2.29. The van der Waals surface area contributed by atoms with E-state index in [4.69, 9.17) is 4.74 Å². The van der Waals surface area contributed by atoms with Gasteiger partial charge in [0.15, 0.2) is 0 Å². The van der Waals surface area contributed by atoms with Crippen molar-refractivity contribution in [2.24, 2.45) is 5.92 Å². The smallest absolute Gasteiger partial charge is 0.0949 e. The van der Waals surface area contributed by atoms with Gasteiger partial charge in [-0.3, -0.25) is 0 Å². The van der Waals surface area contributed by atoms with Crippen LogP contribution in [0.3, 0.4) is 0 Å². The maximum absolute atomic E-state index is 6.15. The zero-order valence-electron chi connectivity index (χ0n) is 12.6. The second kappa shape index (κ2) is 8.16. The molecule has 0 bridgehead atoms. The van der Waals surface area contributed by atoms with Crippen LogP contribution in [0.15, 0.2) is 28.7 Å². The number of rotatable bonds is 8. The summed E-state index contributed by atoms with van der Waals surface area (Å²) >= 11 is 3.49. The predicted octanol–water partition coefficient (Wildman–Crippen LogP) is 4.70. The van der Waals surface area contributed by atoms with E-state index in [1.54, 1.807) is 0 Å². The Morgan fingerprint density at radius 1 is 1.25 bits per heavy atom. The monoisotopic (exact) mass is 339 g/mol. The van der Waals surface area contributed by atoms with E-state index in [1.807, 2.05) is 0 Å². The molecule has 1 aliphatic carbocycles. The van der Waals surface area contributed by atoms with Crippen LogP contribution in [-0.4, -0.2) is 19.2 Å². The molecule has 0 aromatic heterocycles. The largest absolute Gasteiger partial charge is 0.372 e.